The average molecular weight is 474 g/mol. The van der Waals surface area contributed by atoms with Gasteiger partial charge in [0.05, 0.1) is 18.2 Å². The maximum absolute atomic E-state index is 6.06. The van der Waals surface area contributed by atoms with Crippen LogP contribution in [0.3, 0.4) is 0 Å². The first-order valence-electron chi connectivity index (χ1n) is 12.7. The number of hydrogen-bond acceptors (Lipinski definition) is 3. The van der Waals surface area contributed by atoms with E-state index in [4.69, 9.17) is 13.8 Å². The van der Waals surface area contributed by atoms with Crippen molar-refractivity contribution < 1.29 is 8.83 Å². The number of hydrogen-bond donors (Lipinski definition) is 0. The minimum absolute atomic E-state index is 0.00473. The number of benzene rings is 3. The number of aromatic nitrogens is 1. The standard InChI is InChI=1S/C33H31NO2/c1-20(2)16-22-10-11-26(31-25(22)12-14-35-31)27-19-30(34-29-13-15-36-32(27)29)23-17-21-8-6-7-9-24(21)28(18-23)33(3,4)5/h6-15,17-20H,16H2,1-5H3. The molecule has 3 aromatic carbocycles. The van der Waals surface area contributed by atoms with Crippen LogP contribution in [-0.4, -0.2) is 4.98 Å². The zero-order valence-electron chi connectivity index (χ0n) is 21.6. The van der Waals surface area contributed by atoms with Gasteiger partial charge in [0.2, 0.25) is 0 Å². The SMILES string of the molecule is CC(C)Cc1ccc(-c2cc(-c3cc(C(C)(C)C)c4ccccc4c3)nc3ccoc23)c2occc12. The molecule has 0 spiro atoms. The molecular weight excluding hydrogens is 442 g/mol. The third kappa shape index (κ3) is 3.80. The average Bonchev–Trinajstić information content (AvgIpc) is 3.52. The summed E-state index contributed by atoms with van der Waals surface area (Å²) in [6.07, 6.45) is 4.53. The fourth-order valence-electron chi connectivity index (χ4n) is 5.33. The van der Waals surface area contributed by atoms with Crippen LogP contribution in [0, 0.1) is 5.92 Å². The molecule has 6 rings (SSSR count). The Balaban J connectivity index is 1.60. The summed E-state index contributed by atoms with van der Waals surface area (Å²) in [5.41, 5.74) is 9.23. The zero-order chi connectivity index (χ0) is 25.0. The topological polar surface area (TPSA) is 39.2 Å². The highest BCUT2D eigenvalue weighted by molar-refractivity contribution is 6.02. The largest absolute Gasteiger partial charge is 0.464 e. The van der Waals surface area contributed by atoms with Crippen LogP contribution in [0.2, 0.25) is 0 Å². The van der Waals surface area contributed by atoms with Gasteiger partial charge in [-0.3, -0.25) is 0 Å². The molecule has 0 aliphatic heterocycles. The lowest BCUT2D eigenvalue weighted by Gasteiger charge is -2.23. The van der Waals surface area contributed by atoms with E-state index in [0.29, 0.717) is 5.92 Å². The molecule has 0 unspecified atom stereocenters. The van der Waals surface area contributed by atoms with E-state index in [-0.39, 0.29) is 5.41 Å². The van der Waals surface area contributed by atoms with Crippen molar-refractivity contribution in [3.63, 3.8) is 0 Å². The third-order valence-corrected chi connectivity index (χ3v) is 7.00. The molecule has 180 valence electrons. The number of pyridine rings is 1. The van der Waals surface area contributed by atoms with Crippen LogP contribution >= 0.6 is 0 Å². The fraction of sp³-hybridized carbons (Fsp3) is 0.242. The molecule has 0 amide bonds. The van der Waals surface area contributed by atoms with Crippen molar-refractivity contribution in [2.75, 3.05) is 0 Å². The number of furan rings is 2. The first kappa shape index (κ1) is 22.6. The Bertz CT molecular complexity index is 1730. The number of nitrogens with zero attached hydrogens (tertiary/aromatic N) is 1. The van der Waals surface area contributed by atoms with E-state index in [1.54, 1.807) is 12.5 Å². The van der Waals surface area contributed by atoms with Crippen LogP contribution in [0.5, 0.6) is 0 Å². The summed E-state index contributed by atoms with van der Waals surface area (Å²) < 4.78 is 12.0. The second kappa shape index (κ2) is 8.37. The summed E-state index contributed by atoms with van der Waals surface area (Å²) in [7, 11) is 0. The molecular formula is C33H31NO2. The molecule has 3 heteroatoms. The van der Waals surface area contributed by atoms with Gasteiger partial charge in [0.15, 0.2) is 5.58 Å². The van der Waals surface area contributed by atoms with E-state index < -0.39 is 0 Å². The van der Waals surface area contributed by atoms with Crippen LogP contribution < -0.4 is 0 Å². The quantitative estimate of drug-likeness (QED) is 0.256. The van der Waals surface area contributed by atoms with E-state index in [9.17, 15) is 0 Å². The molecule has 0 fully saturated rings. The minimum Gasteiger partial charge on any atom is -0.464 e. The van der Waals surface area contributed by atoms with Crippen molar-refractivity contribution in [2.45, 2.75) is 46.5 Å². The highest BCUT2D eigenvalue weighted by Gasteiger charge is 2.21. The summed E-state index contributed by atoms with van der Waals surface area (Å²) in [6.45, 7) is 11.3. The summed E-state index contributed by atoms with van der Waals surface area (Å²) in [6, 6.07) is 23.7. The Labute approximate surface area is 211 Å². The summed E-state index contributed by atoms with van der Waals surface area (Å²) in [4.78, 5) is 5.02. The van der Waals surface area contributed by atoms with Crippen molar-refractivity contribution in [1.29, 1.82) is 0 Å². The van der Waals surface area contributed by atoms with Crippen molar-refractivity contribution in [3.05, 3.63) is 90.4 Å². The van der Waals surface area contributed by atoms with Crippen molar-refractivity contribution in [1.82, 2.24) is 4.98 Å². The fourth-order valence-corrected chi connectivity index (χ4v) is 5.33. The molecule has 36 heavy (non-hydrogen) atoms. The van der Waals surface area contributed by atoms with Gasteiger partial charge in [-0.05, 0) is 63.9 Å². The van der Waals surface area contributed by atoms with E-state index in [1.165, 1.54) is 27.3 Å². The highest BCUT2D eigenvalue weighted by Crippen LogP contribution is 2.40. The second-order valence-corrected chi connectivity index (χ2v) is 11.2. The smallest absolute Gasteiger partial charge is 0.160 e. The lowest BCUT2D eigenvalue weighted by atomic mass is 9.82. The predicted molar refractivity (Wildman–Crippen MR) is 149 cm³/mol. The van der Waals surface area contributed by atoms with Gasteiger partial charge in [-0.25, -0.2) is 4.98 Å². The normalized spacial score (nSPS) is 12.4. The first-order chi connectivity index (χ1) is 17.3. The van der Waals surface area contributed by atoms with Gasteiger partial charge in [0, 0.05) is 28.1 Å². The van der Waals surface area contributed by atoms with Gasteiger partial charge in [-0.2, -0.15) is 0 Å². The Morgan fingerprint density at radius 2 is 1.56 bits per heavy atom. The Kier molecular flexibility index (Phi) is 5.26. The lowest BCUT2D eigenvalue weighted by Crippen LogP contribution is -2.12. The van der Waals surface area contributed by atoms with Crippen molar-refractivity contribution in [3.8, 4) is 22.4 Å². The predicted octanol–water partition coefficient (Wildman–Crippen LogP) is 9.56. The molecule has 0 saturated carbocycles. The Morgan fingerprint density at radius 3 is 2.36 bits per heavy atom. The van der Waals surface area contributed by atoms with Crippen molar-refractivity contribution in [2.24, 2.45) is 5.92 Å². The molecule has 0 saturated heterocycles. The summed E-state index contributed by atoms with van der Waals surface area (Å²) in [5.74, 6) is 0.572. The van der Waals surface area contributed by atoms with Gasteiger partial charge >= 0.3 is 0 Å². The van der Waals surface area contributed by atoms with Gasteiger partial charge in [0.25, 0.3) is 0 Å². The first-order valence-corrected chi connectivity index (χ1v) is 12.7. The van der Waals surface area contributed by atoms with Crippen LogP contribution in [0.15, 0.2) is 88.1 Å². The van der Waals surface area contributed by atoms with Gasteiger partial charge in [0.1, 0.15) is 11.1 Å². The highest BCUT2D eigenvalue weighted by atomic mass is 16.3. The molecule has 0 aliphatic rings. The Morgan fingerprint density at radius 1 is 0.778 bits per heavy atom. The van der Waals surface area contributed by atoms with Gasteiger partial charge in [-0.1, -0.05) is 71.0 Å². The lowest BCUT2D eigenvalue weighted by molar-refractivity contribution is 0.596. The molecule has 0 radical (unpaired) electrons. The molecule has 0 aliphatic carbocycles. The van der Waals surface area contributed by atoms with E-state index >= 15 is 0 Å². The molecule has 3 aromatic heterocycles. The van der Waals surface area contributed by atoms with E-state index in [2.05, 4.69) is 95.3 Å². The number of rotatable bonds is 4. The molecule has 0 atom stereocenters. The van der Waals surface area contributed by atoms with Crippen LogP contribution in [-0.2, 0) is 11.8 Å². The molecule has 0 bridgehead atoms. The molecule has 3 heterocycles. The summed E-state index contributed by atoms with van der Waals surface area (Å²) in [5, 5.41) is 3.68. The number of fused-ring (bicyclic) bond motifs is 3. The zero-order valence-corrected chi connectivity index (χ0v) is 21.6. The molecule has 3 nitrogen and oxygen atoms in total. The Hall–Kier alpha value is -3.85. The van der Waals surface area contributed by atoms with Crippen LogP contribution in [0.4, 0.5) is 0 Å². The van der Waals surface area contributed by atoms with Gasteiger partial charge < -0.3 is 8.83 Å². The minimum atomic E-state index is 0.00473. The van der Waals surface area contributed by atoms with E-state index in [0.717, 1.165) is 45.5 Å². The second-order valence-electron chi connectivity index (χ2n) is 11.2. The maximum atomic E-state index is 6.06. The van der Waals surface area contributed by atoms with Gasteiger partial charge in [-0.15, -0.1) is 0 Å². The van der Waals surface area contributed by atoms with E-state index in [1.807, 2.05) is 6.07 Å². The monoisotopic (exact) mass is 473 g/mol. The third-order valence-electron chi connectivity index (χ3n) is 7.00. The molecule has 0 N–H and O–H groups in total. The van der Waals surface area contributed by atoms with Crippen LogP contribution in [0.1, 0.15) is 45.7 Å². The van der Waals surface area contributed by atoms with Crippen molar-refractivity contribution >= 4 is 32.8 Å². The maximum Gasteiger partial charge on any atom is 0.160 e. The molecule has 6 aromatic rings. The summed E-state index contributed by atoms with van der Waals surface area (Å²) >= 11 is 0. The van der Waals surface area contributed by atoms with Crippen LogP contribution in [0.25, 0.3) is 55.2 Å².